The van der Waals surface area contributed by atoms with Crippen molar-refractivity contribution in [1.82, 2.24) is 14.8 Å². The highest BCUT2D eigenvalue weighted by Crippen LogP contribution is 2.18. The highest BCUT2D eigenvalue weighted by atomic mass is 79.9. The number of aromatic nitrogens is 1. The summed E-state index contributed by atoms with van der Waals surface area (Å²) in [6.45, 7) is 1.67. The molecule has 0 aromatic carbocycles. The van der Waals surface area contributed by atoms with Gasteiger partial charge in [-0.3, -0.25) is 4.79 Å². The molecule has 2 heterocycles. The Labute approximate surface area is 104 Å². The van der Waals surface area contributed by atoms with Crippen molar-refractivity contribution >= 4 is 21.8 Å². The lowest BCUT2D eigenvalue weighted by molar-refractivity contribution is 0.0778. The fourth-order valence-electron chi connectivity index (χ4n) is 2.01. The third-order valence-electron chi connectivity index (χ3n) is 3.06. The predicted octanol–water partition coefficient (Wildman–Crippen LogP) is 1.55. The van der Waals surface area contributed by atoms with Crippen molar-refractivity contribution in [2.24, 2.45) is 0 Å². The second kappa shape index (κ2) is 4.59. The summed E-state index contributed by atoms with van der Waals surface area (Å²) >= 11 is 3.33. The molecule has 16 heavy (non-hydrogen) atoms. The van der Waals surface area contributed by atoms with Crippen LogP contribution in [0, 0.1) is 0 Å². The van der Waals surface area contributed by atoms with Crippen molar-refractivity contribution in [3.63, 3.8) is 0 Å². The van der Waals surface area contributed by atoms with Crippen molar-refractivity contribution < 1.29 is 4.79 Å². The number of nitrogens with zero attached hydrogens (tertiary/aromatic N) is 2. The summed E-state index contributed by atoms with van der Waals surface area (Å²) in [5.41, 5.74) is 0.659. The van der Waals surface area contributed by atoms with Gasteiger partial charge in [0.2, 0.25) is 0 Å². The van der Waals surface area contributed by atoms with Gasteiger partial charge in [-0.05, 0) is 42.5 Å². The minimum Gasteiger partial charge on any atom is -0.356 e. The average Bonchev–Trinajstić information content (AvgIpc) is 2.84. The van der Waals surface area contributed by atoms with E-state index in [4.69, 9.17) is 0 Å². The maximum Gasteiger partial charge on any atom is 0.270 e. The van der Waals surface area contributed by atoms with Gasteiger partial charge in [0.15, 0.2) is 0 Å². The van der Waals surface area contributed by atoms with E-state index < -0.39 is 0 Å². The molecule has 0 bridgehead atoms. The molecule has 5 heteroatoms. The lowest BCUT2D eigenvalue weighted by atomic mass is 10.2. The van der Waals surface area contributed by atoms with E-state index in [9.17, 15) is 4.79 Å². The summed E-state index contributed by atoms with van der Waals surface area (Å²) in [4.78, 5) is 19.1. The normalized spacial score (nSPS) is 20.8. The number of aromatic amines is 1. The highest BCUT2D eigenvalue weighted by Gasteiger charge is 2.28. The number of rotatable bonds is 2. The summed E-state index contributed by atoms with van der Waals surface area (Å²) in [7, 11) is 4.12. The fraction of sp³-hybridized carbons (Fsp3) is 0.545. The van der Waals surface area contributed by atoms with Crippen LogP contribution in [0.15, 0.2) is 16.7 Å². The van der Waals surface area contributed by atoms with E-state index in [0.29, 0.717) is 11.7 Å². The monoisotopic (exact) mass is 285 g/mol. The molecule has 1 aliphatic heterocycles. The van der Waals surface area contributed by atoms with Crippen LogP contribution < -0.4 is 0 Å². The number of nitrogens with one attached hydrogen (secondary N) is 1. The van der Waals surface area contributed by atoms with Gasteiger partial charge in [0.25, 0.3) is 5.91 Å². The summed E-state index contributed by atoms with van der Waals surface area (Å²) in [6.07, 6.45) is 2.84. The molecule has 2 rings (SSSR count). The minimum absolute atomic E-state index is 0.0926. The van der Waals surface area contributed by atoms with Gasteiger partial charge < -0.3 is 14.8 Å². The first-order valence-corrected chi connectivity index (χ1v) is 6.17. The maximum atomic E-state index is 12.1. The van der Waals surface area contributed by atoms with Gasteiger partial charge in [-0.15, -0.1) is 0 Å². The molecule has 1 atom stereocenters. The van der Waals surface area contributed by atoms with E-state index in [2.05, 4.69) is 39.9 Å². The number of likely N-dealkylation sites (tertiary alicyclic amines) is 1. The van der Waals surface area contributed by atoms with Crippen molar-refractivity contribution in [2.45, 2.75) is 12.5 Å². The number of amides is 1. The zero-order valence-corrected chi connectivity index (χ0v) is 11.1. The van der Waals surface area contributed by atoms with Crippen LogP contribution in [-0.2, 0) is 0 Å². The first-order valence-electron chi connectivity index (χ1n) is 5.37. The molecule has 4 nitrogen and oxygen atoms in total. The summed E-state index contributed by atoms with van der Waals surface area (Å²) in [5, 5.41) is 0. The van der Waals surface area contributed by atoms with Crippen LogP contribution >= 0.6 is 15.9 Å². The molecule has 1 unspecified atom stereocenters. The van der Waals surface area contributed by atoms with Gasteiger partial charge in [-0.2, -0.15) is 0 Å². The third-order valence-corrected chi connectivity index (χ3v) is 3.52. The van der Waals surface area contributed by atoms with Gasteiger partial charge in [-0.1, -0.05) is 0 Å². The molecule has 1 aromatic rings. The van der Waals surface area contributed by atoms with E-state index in [1.807, 2.05) is 11.0 Å². The molecular formula is C11H16BrN3O. The van der Waals surface area contributed by atoms with E-state index in [1.165, 1.54) is 0 Å². The molecule has 1 amide bonds. The van der Waals surface area contributed by atoms with Gasteiger partial charge >= 0.3 is 0 Å². The molecule has 1 aliphatic rings. The second-order valence-corrected chi connectivity index (χ2v) is 5.30. The van der Waals surface area contributed by atoms with E-state index in [-0.39, 0.29) is 5.91 Å². The Bertz CT molecular complexity index is 388. The molecular weight excluding hydrogens is 270 g/mol. The lowest BCUT2D eigenvalue weighted by Crippen LogP contribution is -2.34. The van der Waals surface area contributed by atoms with Gasteiger partial charge in [0.1, 0.15) is 5.69 Å². The van der Waals surface area contributed by atoms with Crippen LogP contribution in [0.25, 0.3) is 0 Å². The highest BCUT2D eigenvalue weighted by molar-refractivity contribution is 9.10. The van der Waals surface area contributed by atoms with Crippen LogP contribution in [0.1, 0.15) is 16.9 Å². The third kappa shape index (κ3) is 2.30. The molecule has 1 aromatic heterocycles. The zero-order valence-electron chi connectivity index (χ0n) is 9.53. The SMILES string of the molecule is CN(C)C1CCN(C(=O)c2cc(Br)c[nH]2)C1. The Kier molecular flexibility index (Phi) is 3.35. The smallest absolute Gasteiger partial charge is 0.270 e. The summed E-state index contributed by atoms with van der Waals surface area (Å²) < 4.78 is 0.916. The first kappa shape index (κ1) is 11.7. The van der Waals surface area contributed by atoms with Crippen molar-refractivity contribution in [3.8, 4) is 0 Å². The minimum atomic E-state index is 0.0926. The van der Waals surface area contributed by atoms with Gasteiger partial charge in [-0.25, -0.2) is 0 Å². The molecule has 88 valence electrons. The first-order chi connectivity index (χ1) is 7.58. The number of carbonyl (C=O) groups excluding carboxylic acids is 1. The van der Waals surface area contributed by atoms with Crippen LogP contribution in [0.2, 0.25) is 0 Å². The molecule has 1 fully saturated rings. The fourth-order valence-corrected chi connectivity index (χ4v) is 2.35. The second-order valence-electron chi connectivity index (χ2n) is 4.39. The largest absolute Gasteiger partial charge is 0.356 e. The number of hydrogen-bond acceptors (Lipinski definition) is 2. The maximum absolute atomic E-state index is 12.1. The molecule has 1 N–H and O–H groups in total. The Morgan fingerprint density at radius 2 is 2.38 bits per heavy atom. The van der Waals surface area contributed by atoms with E-state index in [0.717, 1.165) is 24.0 Å². The Morgan fingerprint density at radius 1 is 1.62 bits per heavy atom. The van der Waals surface area contributed by atoms with Crippen LogP contribution in [-0.4, -0.2) is 53.9 Å². The van der Waals surface area contributed by atoms with E-state index in [1.54, 1.807) is 6.20 Å². The Morgan fingerprint density at radius 3 is 2.88 bits per heavy atom. The lowest BCUT2D eigenvalue weighted by Gasteiger charge is -2.20. The standard InChI is InChI=1S/C11H16BrN3O/c1-14(2)9-3-4-15(7-9)11(16)10-5-8(12)6-13-10/h5-6,9,13H,3-4,7H2,1-2H3. The average molecular weight is 286 g/mol. The molecule has 0 spiro atoms. The van der Waals surface area contributed by atoms with Crippen molar-refractivity contribution in [2.75, 3.05) is 27.2 Å². The van der Waals surface area contributed by atoms with Crippen LogP contribution in [0.5, 0.6) is 0 Å². The van der Waals surface area contributed by atoms with E-state index >= 15 is 0 Å². The number of H-pyrrole nitrogens is 1. The summed E-state index contributed by atoms with van der Waals surface area (Å²) in [6, 6.07) is 2.31. The van der Waals surface area contributed by atoms with Gasteiger partial charge in [0.05, 0.1) is 0 Å². The molecule has 0 saturated carbocycles. The van der Waals surface area contributed by atoms with Gasteiger partial charge in [0, 0.05) is 29.8 Å². The topological polar surface area (TPSA) is 39.3 Å². The predicted molar refractivity (Wildman–Crippen MR) is 66.5 cm³/mol. The number of likely N-dealkylation sites (N-methyl/N-ethyl adjacent to an activating group) is 1. The molecule has 0 radical (unpaired) electrons. The number of carbonyl (C=O) groups is 1. The zero-order chi connectivity index (χ0) is 11.7. The number of hydrogen-bond donors (Lipinski definition) is 1. The Balaban J connectivity index is 2.02. The number of halogens is 1. The Hall–Kier alpha value is -0.810. The quantitative estimate of drug-likeness (QED) is 0.896. The van der Waals surface area contributed by atoms with Crippen molar-refractivity contribution in [1.29, 1.82) is 0 Å². The van der Waals surface area contributed by atoms with Crippen molar-refractivity contribution in [3.05, 3.63) is 22.4 Å². The van der Waals surface area contributed by atoms with Crippen LogP contribution in [0.3, 0.4) is 0 Å². The summed E-state index contributed by atoms with van der Waals surface area (Å²) in [5.74, 6) is 0.0926. The van der Waals surface area contributed by atoms with Crippen LogP contribution in [0.4, 0.5) is 0 Å². The molecule has 0 aliphatic carbocycles. The molecule has 1 saturated heterocycles.